The second-order valence-electron chi connectivity index (χ2n) is 5.83. The van der Waals surface area contributed by atoms with Gasteiger partial charge in [0.05, 0.1) is 0 Å². The molecule has 4 nitrogen and oxygen atoms in total. The molecule has 0 aromatic carbocycles. The number of carbonyl (C=O) groups excluding carboxylic acids is 1. The van der Waals surface area contributed by atoms with Crippen LogP contribution in [0.4, 0.5) is 4.79 Å². The Balaban J connectivity index is 2.39. The van der Waals surface area contributed by atoms with Gasteiger partial charge >= 0.3 is 6.09 Å². The first kappa shape index (κ1) is 13.3. The summed E-state index contributed by atoms with van der Waals surface area (Å²) in [6.07, 6.45) is 2.68. The predicted octanol–water partition coefficient (Wildman–Crippen LogP) is 2.03. The Labute approximate surface area is 97.9 Å². The molecule has 4 heteroatoms. The molecular formula is C12H24N2O2. The molecule has 0 aromatic heterocycles. The number of ether oxygens (including phenoxy) is 1. The molecule has 16 heavy (non-hydrogen) atoms. The van der Waals surface area contributed by atoms with Crippen molar-refractivity contribution in [1.29, 1.82) is 0 Å². The maximum absolute atomic E-state index is 11.6. The molecule has 1 amide bonds. The van der Waals surface area contributed by atoms with Crippen molar-refractivity contribution >= 4 is 6.09 Å². The fraction of sp³-hybridized carbons (Fsp3) is 0.917. The lowest BCUT2D eigenvalue weighted by Gasteiger charge is -2.33. The maximum Gasteiger partial charge on any atom is 0.407 e. The van der Waals surface area contributed by atoms with E-state index in [1.165, 1.54) is 0 Å². The van der Waals surface area contributed by atoms with Crippen molar-refractivity contribution in [3.05, 3.63) is 0 Å². The van der Waals surface area contributed by atoms with E-state index in [1.54, 1.807) is 0 Å². The SMILES string of the molecule is CC1CC[C@H](NC(=O)OC(C)(C)C)[C@H](N)C1. The van der Waals surface area contributed by atoms with Crippen LogP contribution in [0.1, 0.15) is 47.0 Å². The Morgan fingerprint density at radius 1 is 1.38 bits per heavy atom. The van der Waals surface area contributed by atoms with Gasteiger partial charge in [-0.1, -0.05) is 6.92 Å². The summed E-state index contributed by atoms with van der Waals surface area (Å²) < 4.78 is 5.21. The number of rotatable bonds is 1. The molecule has 3 atom stereocenters. The van der Waals surface area contributed by atoms with E-state index in [4.69, 9.17) is 10.5 Å². The second-order valence-corrected chi connectivity index (χ2v) is 5.83. The van der Waals surface area contributed by atoms with Crippen LogP contribution >= 0.6 is 0 Å². The van der Waals surface area contributed by atoms with Crippen molar-refractivity contribution in [3.8, 4) is 0 Å². The molecule has 1 fully saturated rings. The number of amides is 1. The van der Waals surface area contributed by atoms with E-state index < -0.39 is 5.60 Å². The smallest absolute Gasteiger partial charge is 0.407 e. The Kier molecular flexibility index (Phi) is 4.19. The fourth-order valence-corrected chi connectivity index (χ4v) is 2.06. The Hall–Kier alpha value is -0.770. The van der Waals surface area contributed by atoms with Crippen molar-refractivity contribution in [1.82, 2.24) is 5.32 Å². The lowest BCUT2D eigenvalue weighted by Crippen LogP contribution is -2.51. The van der Waals surface area contributed by atoms with Crippen LogP contribution in [0.25, 0.3) is 0 Å². The van der Waals surface area contributed by atoms with E-state index in [9.17, 15) is 4.79 Å². The van der Waals surface area contributed by atoms with Gasteiger partial charge in [0.1, 0.15) is 5.60 Å². The van der Waals surface area contributed by atoms with Crippen LogP contribution in [0.2, 0.25) is 0 Å². The van der Waals surface area contributed by atoms with E-state index in [0.717, 1.165) is 19.3 Å². The van der Waals surface area contributed by atoms with E-state index in [2.05, 4.69) is 12.2 Å². The Bertz CT molecular complexity index is 248. The largest absolute Gasteiger partial charge is 0.444 e. The number of nitrogens with one attached hydrogen (secondary N) is 1. The maximum atomic E-state index is 11.6. The minimum atomic E-state index is -0.448. The van der Waals surface area contributed by atoms with Gasteiger partial charge in [-0.3, -0.25) is 0 Å². The number of hydrogen-bond acceptors (Lipinski definition) is 3. The quantitative estimate of drug-likeness (QED) is 0.721. The molecule has 0 aliphatic heterocycles. The number of nitrogens with two attached hydrogens (primary N) is 1. The van der Waals surface area contributed by atoms with Gasteiger partial charge in [-0.2, -0.15) is 0 Å². The Morgan fingerprint density at radius 2 is 2.00 bits per heavy atom. The lowest BCUT2D eigenvalue weighted by molar-refractivity contribution is 0.0479. The highest BCUT2D eigenvalue weighted by Gasteiger charge is 2.28. The predicted molar refractivity (Wildman–Crippen MR) is 64.1 cm³/mol. The van der Waals surface area contributed by atoms with Crippen molar-refractivity contribution in [2.75, 3.05) is 0 Å². The van der Waals surface area contributed by atoms with E-state index in [0.29, 0.717) is 5.92 Å². The summed E-state index contributed by atoms with van der Waals surface area (Å²) >= 11 is 0. The fourth-order valence-electron chi connectivity index (χ4n) is 2.06. The van der Waals surface area contributed by atoms with Crippen LogP contribution in [0.15, 0.2) is 0 Å². The molecule has 0 radical (unpaired) electrons. The molecule has 0 heterocycles. The van der Waals surface area contributed by atoms with Gasteiger partial charge in [0.25, 0.3) is 0 Å². The van der Waals surface area contributed by atoms with Crippen LogP contribution in [-0.2, 0) is 4.74 Å². The van der Waals surface area contributed by atoms with Gasteiger partial charge < -0.3 is 15.8 Å². The van der Waals surface area contributed by atoms with E-state index in [1.807, 2.05) is 20.8 Å². The number of carbonyl (C=O) groups is 1. The van der Waals surface area contributed by atoms with Gasteiger partial charge in [0, 0.05) is 12.1 Å². The summed E-state index contributed by atoms with van der Waals surface area (Å²) in [6, 6.07) is 0.113. The highest BCUT2D eigenvalue weighted by molar-refractivity contribution is 5.68. The first-order valence-electron chi connectivity index (χ1n) is 6.03. The summed E-state index contributed by atoms with van der Waals surface area (Å²) in [4.78, 5) is 11.6. The van der Waals surface area contributed by atoms with Gasteiger partial charge in [-0.05, 0) is 46.0 Å². The van der Waals surface area contributed by atoms with Crippen molar-refractivity contribution < 1.29 is 9.53 Å². The topological polar surface area (TPSA) is 64.3 Å². The molecule has 1 rings (SSSR count). The molecule has 0 bridgehead atoms. The van der Waals surface area contributed by atoms with Crippen LogP contribution in [0.5, 0.6) is 0 Å². The second kappa shape index (κ2) is 5.04. The third-order valence-corrected chi connectivity index (χ3v) is 2.86. The average molecular weight is 228 g/mol. The first-order chi connectivity index (χ1) is 7.28. The molecule has 0 spiro atoms. The summed E-state index contributed by atoms with van der Waals surface area (Å²) in [5.74, 6) is 0.659. The minimum absolute atomic E-state index is 0.0521. The van der Waals surface area contributed by atoms with Crippen molar-refractivity contribution in [2.24, 2.45) is 11.7 Å². The number of hydrogen-bond donors (Lipinski definition) is 2. The van der Waals surface area contributed by atoms with Crippen molar-refractivity contribution in [3.63, 3.8) is 0 Å². The molecular weight excluding hydrogens is 204 g/mol. The zero-order chi connectivity index (χ0) is 12.3. The third kappa shape index (κ3) is 4.39. The third-order valence-electron chi connectivity index (χ3n) is 2.86. The van der Waals surface area contributed by atoms with Crippen LogP contribution in [0.3, 0.4) is 0 Å². The molecule has 94 valence electrons. The zero-order valence-corrected chi connectivity index (χ0v) is 10.7. The molecule has 3 N–H and O–H groups in total. The zero-order valence-electron chi connectivity index (χ0n) is 10.7. The van der Waals surface area contributed by atoms with Crippen LogP contribution in [-0.4, -0.2) is 23.8 Å². The summed E-state index contributed by atoms with van der Waals surface area (Å²) in [7, 11) is 0. The van der Waals surface area contributed by atoms with Crippen LogP contribution < -0.4 is 11.1 Å². The van der Waals surface area contributed by atoms with Crippen molar-refractivity contribution in [2.45, 2.75) is 64.6 Å². The highest BCUT2D eigenvalue weighted by Crippen LogP contribution is 2.23. The van der Waals surface area contributed by atoms with Gasteiger partial charge in [0.15, 0.2) is 0 Å². The summed E-state index contributed by atoms with van der Waals surface area (Å²) in [6.45, 7) is 7.77. The normalized spacial score (nSPS) is 30.9. The minimum Gasteiger partial charge on any atom is -0.444 e. The van der Waals surface area contributed by atoms with Gasteiger partial charge in [0.2, 0.25) is 0 Å². The molecule has 0 saturated heterocycles. The average Bonchev–Trinajstić information content (AvgIpc) is 2.06. The Morgan fingerprint density at radius 3 is 2.50 bits per heavy atom. The monoisotopic (exact) mass is 228 g/mol. The van der Waals surface area contributed by atoms with Gasteiger partial charge in [-0.15, -0.1) is 0 Å². The molecule has 1 aliphatic rings. The van der Waals surface area contributed by atoms with E-state index >= 15 is 0 Å². The molecule has 1 saturated carbocycles. The molecule has 0 aromatic rings. The summed E-state index contributed by atoms with van der Waals surface area (Å²) in [5.41, 5.74) is 5.56. The molecule has 1 unspecified atom stereocenters. The first-order valence-corrected chi connectivity index (χ1v) is 6.03. The highest BCUT2D eigenvalue weighted by atomic mass is 16.6. The van der Waals surface area contributed by atoms with E-state index in [-0.39, 0.29) is 18.2 Å². The molecule has 1 aliphatic carbocycles. The standard InChI is InChI=1S/C12H24N2O2/c1-8-5-6-10(9(13)7-8)14-11(15)16-12(2,3)4/h8-10H,5-7,13H2,1-4H3,(H,14,15)/t8?,9-,10+/m1/s1. The van der Waals surface area contributed by atoms with Gasteiger partial charge in [-0.25, -0.2) is 4.79 Å². The lowest BCUT2D eigenvalue weighted by atomic mass is 9.84. The summed E-state index contributed by atoms with van der Waals surface area (Å²) in [5, 5.41) is 2.86. The van der Waals surface area contributed by atoms with Crippen LogP contribution in [0, 0.1) is 5.92 Å². The number of alkyl carbamates (subject to hydrolysis) is 1.